The van der Waals surface area contributed by atoms with Crippen molar-refractivity contribution >= 4 is 58.2 Å². The van der Waals surface area contributed by atoms with Crippen LogP contribution in [0.1, 0.15) is 34.6 Å². The number of rotatable bonds is 8. The number of benzene rings is 2. The van der Waals surface area contributed by atoms with E-state index in [-0.39, 0.29) is 41.6 Å². The molecule has 2 aromatic carbocycles. The fraction of sp³-hybridized carbons (Fsp3) is 0.292. The molecule has 36 heavy (non-hydrogen) atoms. The molecule has 12 heteroatoms. The number of ether oxygens (including phenoxy) is 3. The lowest BCUT2D eigenvalue weighted by Gasteiger charge is -2.25. The Kier molecular flexibility index (Phi) is 7.85. The summed E-state index contributed by atoms with van der Waals surface area (Å²) in [6, 6.07) is 11.6. The molecule has 2 fully saturated rings. The first kappa shape index (κ1) is 25.6. The van der Waals surface area contributed by atoms with E-state index >= 15 is 0 Å². The zero-order valence-corrected chi connectivity index (χ0v) is 21.0. The molecule has 2 aliphatic heterocycles. The summed E-state index contributed by atoms with van der Waals surface area (Å²) in [5.41, 5.74) is 1.76. The first-order chi connectivity index (χ1) is 17.3. The summed E-state index contributed by atoms with van der Waals surface area (Å²) in [5, 5.41) is 0.431. The minimum absolute atomic E-state index is 0.0924. The Morgan fingerprint density at radius 1 is 1.08 bits per heavy atom. The quantitative estimate of drug-likeness (QED) is 0.401. The maximum Gasteiger partial charge on any atom is 0.338 e. The van der Waals surface area contributed by atoms with Crippen molar-refractivity contribution in [2.45, 2.75) is 24.0 Å². The van der Waals surface area contributed by atoms with Gasteiger partial charge in [0, 0.05) is 5.69 Å². The van der Waals surface area contributed by atoms with Crippen LogP contribution in [0, 0.1) is 0 Å². The van der Waals surface area contributed by atoms with Crippen LogP contribution in [0.2, 0.25) is 0 Å². The van der Waals surface area contributed by atoms with Crippen molar-refractivity contribution in [3.8, 4) is 11.5 Å². The summed E-state index contributed by atoms with van der Waals surface area (Å²) < 4.78 is 15.8. The standard InChI is InChI=1S/C24H22N2O8S2/c1-3-33-23(30)13-4-7-15(8-5-13)26-19(27)12-35-22(26)14-6-9-16(17(10-14)32-2)34-20(28)11-18-21(29)25-24(31)36-18/h4-10,18,22H,3,11-12H2,1-2H3,(H,25,29,31). The number of nitrogens with zero attached hydrogens (tertiary/aromatic N) is 1. The second-order valence-corrected chi connectivity index (χ2v) is 9.91. The lowest BCUT2D eigenvalue weighted by Crippen LogP contribution is -2.28. The lowest BCUT2D eigenvalue weighted by atomic mass is 10.1. The van der Waals surface area contributed by atoms with Gasteiger partial charge in [-0.05, 0) is 48.9 Å². The highest BCUT2D eigenvalue weighted by Crippen LogP contribution is 2.44. The molecule has 2 aliphatic rings. The van der Waals surface area contributed by atoms with E-state index in [1.165, 1.54) is 18.9 Å². The first-order valence-corrected chi connectivity index (χ1v) is 12.8. The molecular weight excluding hydrogens is 508 g/mol. The van der Waals surface area contributed by atoms with E-state index in [0.29, 0.717) is 11.3 Å². The van der Waals surface area contributed by atoms with Gasteiger partial charge in [0.15, 0.2) is 11.5 Å². The second-order valence-electron chi connectivity index (χ2n) is 7.67. The van der Waals surface area contributed by atoms with Crippen molar-refractivity contribution in [2.75, 3.05) is 24.4 Å². The Morgan fingerprint density at radius 2 is 1.83 bits per heavy atom. The molecule has 0 saturated carbocycles. The van der Waals surface area contributed by atoms with Crippen molar-refractivity contribution in [1.82, 2.24) is 5.32 Å². The third kappa shape index (κ3) is 5.49. The minimum Gasteiger partial charge on any atom is -0.493 e. The van der Waals surface area contributed by atoms with Crippen molar-refractivity contribution in [1.29, 1.82) is 0 Å². The smallest absolute Gasteiger partial charge is 0.338 e. The van der Waals surface area contributed by atoms with Crippen molar-refractivity contribution < 1.29 is 38.2 Å². The number of thioether (sulfide) groups is 2. The van der Waals surface area contributed by atoms with Gasteiger partial charge >= 0.3 is 11.9 Å². The Hall–Kier alpha value is -3.51. The van der Waals surface area contributed by atoms with Gasteiger partial charge in [0.05, 0.1) is 31.5 Å². The number of carbonyl (C=O) groups is 5. The van der Waals surface area contributed by atoms with Gasteiger partial charge < -0.3 is 14.2 Å². The monoisotopic (exact) mass is 530 g/mol. The van der Waals surface area contributed by atoms with E-state index in [2.05, 4.69) is 5.32 Å². The molecule has 4 rings (SSSR count). The summed E-state index contributed by atoms with van der Waals surface area (Å²) in [4.78, 5) is 61.6. The summed E-state index contributed by atoms with van der Waals surface area (Å²) in [6.45, 7) is 2.00. The average molecular weight is 531 g/mol. The third-order valence-corrected chi connectivity index (χ3v) is 7.53. The Morgan fingerprint density at radius 3 is 2.47 bits per heavy atom. The van der Waals surface area contributed by atoms with Crippen LogP contribution in [0.5, 0.6) is 11.5 Å². The highest BCUT2D eigenvalue weighted by atomic mass is 32.2. The molecule has 188 valence electrons. The SMILES string of the molecule is CCOC(=O)c1ccc(N2C(=O)CSC2c2ccc(OC(=O)CC3SC(=O)NC3=O)c(OC)c2)cc1. The number of esters is 2. The second kappa shape index (κ2) is 11.0. The van der Waals surface area contributed by atoms with E-state index in [1.807, 2.05) is 0 Å². The van der Waals surface area contributed by atoms with E-state index < -0.39 is 28.3 Å². The molecule has 10 nitrogen and oxygen atoms in total. The van der Waals surface area contributed by atoms with Crippen molar-refractivity contribution in [2.24, 2.45) is 0 Å². The lowest BCUT2D eigenvalue weighted by molar-refractivity contribution is -0.136. The Bertz CT molecular complexity index is 1220. The topological polar surface area (TPSA) is 128 Å². The average Bonchev–Trinajstić information content (AvgIpc) is 3.40. The molecule has 3 amide bonds. The highest BCUT2D eigenvalue weighted by Gasteiger charge is 2.36. The number of methoxy groups -OCH3 is 1. The van der Waals surface area contributed by atoms with E-state index in [4.69, 9.17) is 14.2 Å². The fourth-order valence-electron chi connectivity index (χ4n) is 3.69. The van der Waals surface area contributed by atoms with E-state index in [0.717, 1.165) is 17.3 Å². The molecule has 0 spiro atoms. The van der Waals surface area contributed by atoms with Gasteiger partial charge in [-0.3, -0.25) is 29.4 Å². The van der Waals surface area contributed by atoms with Gasteiger partial charge in [0.25, 0.3) is 5.24 Å². The van der Waals surface area contributed by atoms with E-state index in [1.54, 1.807) is 54.3 Å². The van der Waals surface area contributed by atoms with Gasteiger partial charge in [-0.15, -0.1) is 11.8 Å². The summed E-state index contributed by atoms with van der Waals surface area (Å²) in [7, 11) is 1.42. The largest absolute Gasteiger partial charge is 0.493 e. The van der Waals surface area contributed by atoms with Gasteiger partial charge in [-0.2, -0.15) is 0 Å². The van der Waals surface area contributed by atoms with Crippen LogP contribution < -0.4 is 19.7 Å². The van der Waals surface area contributed by atoms with Gasteiger partial charge in [0.2, 0.25) is 11.8 Å². The molecule has 2 aromatic rings. The maximum atomic E-state index is 12.7. The summed E-state index contributed by atoms with van der Waals surface area (Å²) >= 11 is 2.18. The molecular formula is C24H22N2O8S2. The van der Waals surface area contributed by atoms with Gasteiger partial charge in [-0.1, -0.05) is 17.8 Å². The van der Waals surface area contributed by atoms with E-state index in [9.17, 15) is 24.0 Å². The fourth-order valence-corrected chi connectivity index (χ4v) is 5.66. The van der Waals surface area contributed by atoms with Crippen molar-refractivity contribution in [3.63, 3.8) is 0 Å². The van der Waals surface area contributed by atoms with Crippen LogP contribution in [0.4, 0.5) is 10.5 Å². The first-order valence-electron chi connectivity index (χ1n) is 10.9. The maximum absolute atomic E-state index is 12.7. The predicted molar refractivity (Wildman–Crippen MR) is 133 cm³/mol. The van der Waals surface area contributed by atoms with Crippen LogP contribution in [-0.2, 0) is 19.1 Å². The Labute approximate surface area is 215 Å². The Balaban J connectivity index is 1.50. The van der Waals surface area contributed by atoms with Crippen LogP contribution in [0.3, 0.4) is 0 Å². The third-order valence-electron chi connectivity index (χ3n) is 5.34. The van der Waals surface area contributed by atoms with Crippen molar-refractivity contribution in [3.05, 3.63) is 53.6 Å². The molecule has 0 radical (unpaired) electrons. The summed E-state index contributed by atoms with van der Waals surface area (Å²) in [5.74, 6) is -1.04. The molecule has 1 N–H and O–H groups in total. The normalized spacial score (nSPS) is 19.3. The number of amides is 3. The van der Waals surface area contributed by atoms with Crippen LogP contribution in [0.15, 0.2) is 42.5 Å². The molecule has 2 unspecified atom stereocenters. The van der Waals surface area contributed by atoms with Gasteiger partial charge in [0.1, 0.15) is 10.6 Å². The molecule has 0 aliphatic carbocycles. The van der Waals surface area contributed by atoms with Crippen LogP contribution in [-0.4, -0.2) is 53.7 Å². The predicted octanol–water partition coefficient (Wildman–Crippen LogP) is 3.30. The molecule has 2 saturated heterocycles. The molecule has 2 atom stereocenters. The highest BCUT2D eigenvalue weighted by molar-refractivity contribution is 8.15. The minimum atomic E-state index is -0.833. The van der Waals surface area contributed by atoms with Crippen LogP contribution in [0.25, 0.3) is 0 Å². The molecule has 0 bridgehead atoms. The number of nitrogens with one attached hydrogen (secondary N) is 1. The van der Waals surface area contributed by atoms with Gasteiger partial charge in [-0.25, -0.2) is 4.79 Å². The van der Waals surface area contributed by atoms with Crippen LogP contribution >= 0.6 is 23.5 Å². The number of carbonyl (C=O) groups excluding carboxylic acids is 5. The molecule has 0 aromatic heterocycles. The zero-order valence-electron chi connectivity index (χ0n) is 19.3. The summed E-state index contributed by atoms with van der Waals surface area (Å²) in [6.07, 6.45) is -0.268. The number of hydrogen-bond donors (Lipinski definition) is 1. The number of anilines is 1. The zero-order chi connectivity index (χ0) is 25.8. The number of hydrogen-bond acceptors (Lipinski definition) is 10. The number of imide groups is 1. The molecule has 2 heterocycles.